The average Bonchev–Trinajstić information content (AvgIpc) is 3.11. The molecule has 0 heterocycles. The fraction of sp³-hybridized carbons (Fsp3) is 0.143. The molecule has 0 fully saturated rings. The van der Waals surface area contributed by atoms with Crippen LogP contribution >= 0.6 is 0 Å². The van der Waals surface area contributed by atoms with Crippen LogP contribution in [0.4, 0.5) is 17.1 Å². The van der Waals surface area contributed by atoms with E-state index in [2.05, 4.69) is 71.5 Å². The van der Waals surface area contributed by atoms with Crippen LogP contribution in [0.5, 0.6) is 17.2 Å². The lowest BCUT2D eigenvalue weighted by Gasteiger charge is -2.26. The van der Waals surface area contributed by atoms with Crippen molar-refractivity contribution in [1.29, 1.82) is 0 Å². The van der Waals surface area contributed by atoms with E-state index in [1.54, 1.807) is 38.1 Å². The summed E-state index contributed by atoms with van der Waals surface area (Å²) >= 11 is 0. The summed E-state index contributed by atoms with van der Waals surface area (Å²) in [4.78, 5) is 28.0. The Hall–Kier alpha value is -6.08. The zero-order valence-corrected chi connectivity index (χ0v) is 28.3. The zero-order chi connectivity index (χ0) is 34.9. The topological polar surface area (TPSA) is 68.3 Å². The number of esters is 2. The third-order valence-electron chi connectivity index (χ3n) is 7.79. The first-order valence-corrected chi connectivity index (χ1v) is 15.9. The maximum absolute atomic E-state index is 11.9. The standard InChI is InChI=1S/C42H40N2O5/c1-29(2)41(45)48-39-21-11-33(12-22-39)31-7-15-36(16-8-31)44(27-28-47-38-25-19-35(20-26-38)43(5)6)37-17-9-32(10-18-37)34-13-23-40(24-14-34)49-42(46)30(3)4/h7-26H,1,3,27-28H2,2,4-6H3. The van der Waals surface area contributed by atoms with Crippen molar-refractivity contribution in [1.82, 2.24) is 0 Å². The van der Waals surface area contributed by atoms with Crippen LogP contribution in [0.25, 0.3) is 22.3 Å². The van der Waals surface area contributed by atoms with E-state index in [1.807, 2.05) is 62.6 Å². The quantitative estimate of drug-likeness (QED) is 0.0714. The van der Waals surface area contributed by atoms with Crippen LogP contribution in [0.2, 0.25) is 0 Å². The highest BCUT2D eigenvalue weighted by Crippen LogP contribution is 2.32. The third-order valence-corrected chi connectivity index (χ3v) is 7.79. The van der Waals surface area contributed by atoms with E-state index >= 15 is 0 Å². The Bertz CT molecular complexity index is 1800. The van der Waals surface area contributed by atoms with Gasteiger partial charge < -0.3 is 24.0 Å². The van der Waals surface area contributed by atoms with E-state index in [9.17, 15) is 9.59 Å². The third kappa shape index (κ3) is 9.05. The molecule has 0 bridgehead atoms. The molecule has 0 unspecified atom stereocenters. The molecule has 5 rings (SSSR count). The maximum Gasteiger partial charge on any atom is 0.338 e. The molecule has 49 heavy (non-hydrogen) atoms. The molecule has 0 aliphatic carbocycles. The summed E-state index contributed by atoms with van der Waals surface area (Å²) in [7, 11) is 4.02. The van der Waals surface area contributed by atoms with Crippen LogP contribution in [0, 0.1) is 0 Å². The molecular formula is C42H40N2O5. The summed E-state index contributed by atoms with van der Waals surface area (Å²) in [5.74, 6) is 0.868. The van der Waals surface area contributed by atoms with Crippen molar-refractivity contribution in [2.75, 3.05) is 37.0 Å². The van der Waals surface area contributed by atoms with Crippen molar-refractivity contribution in [2.45, 2.75) is 13.8 Å². The van der Waals surface area contributed by atoms with Gasteiger partial charge in [-0.15, -0.1) is 0 Å². The molecule has 7 nitrogen and oxygen atoms in total. The van der Waals surface area contributed by atoms with Gasteiger partial charge in [-0.25, -0.2) is 9.59 Å². The number of carbonyl (C=O) groups is 2. The highest BCUT2D eigenvalue weighted by molar-refractivity contribution is 5.89. The first-order chi connectivity index (χ1) is 23.6. The fourth-order valence-electron chi connectivity index (χ4n) is 4.99. The number of benzene rings is 5. The minimum Gasteiger partial charge on any atom is -0.492 e. The van der Waals surface area contributed by atoms with Gasteiger partial charge in [0.2, 0.25) is 0 Å². The summed E-state index contributed by atoms with van der Waals surface area (Å²) in [6, 6.07) is 39.6. The summed E-state index contributed by atoms with van der Waals surface area (Å²) in [5, 5.41) is 0. The predicted octanol–water partition coefficient (Wildman–Crippen LogP) is 9.27. The van der Waals surface area contributed by atoms with Crippen LogP contribution in [-0.2, 0) is 9.59 Å². The second-order valence-electron chi connectivity index (χ2n) is 11.9. The lowest BCUT2D eigenvalue weighted by atomic mass is 10.0. The van der Waals surface area contributed by atoms with Gasteiger partial charge in [-0.05, 0) is 109 Å². The predicted molar refractivity (Wildman–Crippen MR) is 198 cm³/mol. The Morgan fingerprint density at radius 1 is 0.510 bits per heavy atom. The number of nitrogens with zero attached hydrogens (tertiary/aromatic N) is 2. The van der Waals surface area contributed by atoms with Crippen molar-refractivity contribution >= 4 is 29.0 Å². The summed E-state index contributed by atoms with van der Waals surface area (Å²) in [5.41, 5.74) is 7.91. The van der Waals surface area contributed by atoms with Gasteiger partial charge in [0, 0.05) is 42.3 Å². The van der Waals surface area contributed by atoms with E-state index in [0.29, 0.717) is 35.8 Å². The van der Waals surface area contributed by atoms with Crippen LogP contribution in [0.3, 0.4) is 0 Å². The molecule has 0 spiro atoms. The molecule has 0 N–H and O–H groups in total. The molecule has 0 aliphatic rings. The summed E-state index contributed by atoms with van der Waals surface area (Å²) in [6.45, 7) is 11.6. The van der Waals surface area contributed by atoms with Gasteiger partial charge in [0.05, 0.1) is 6.54 Å². The van der Waals surface area contributed by atoms with Gasteiger partial charge in [0.25, 0.3) is 0 Å². The molecular weight excluding hydrogens is 612 g/mol. The molecule has 7 heteroatoms. The molecule has 0 saturated carbocycles. The van der Waals surface area contributed by atoms with E-state index < -0.39 is 11.9 Å². The van der Waals surface area contributed by atoms with Crippen LogP contribution in [0.1, 0.15) is 13.8 Å². The molecule has 0 atom stereocenters. The normalized spacial score (nSPS) is 10.5. The summed E-state index contributed by atoms with van der Waals surface area (Å²) < 4.78 is 16.8. The van der Waals surface area contributed by atoms with Crippen LogP contribution < -0.4 is 24.0 Å². The van der Waals surface area contributed by atoms with Crippen molar-refractivity contribution in [3.8, 4) is 39.5 Å². The molecule has 5 aromatic carbocycles. The highest BCUT2D eigenvalue weighted by atomic mass is 16.5. The smallest absolute Gasteiger partial charge is 0.338 e. The zero-order valence-electron chi connectivity index (χ0n) is 28.3. The van der Waals surface area contributed by atoms with Crippen molar-refractivity contribution in [3.05, 3.63) is 146 Å². The van der Waals surface area contributed by atoms with E-state index in [0.717, 1.165) is 45.1 Å². The minimum atomic E-state index is -0.445. The molecule has 0 radical (unpaired) electrons. The van der Waals surface area contributed by atoms with E-state index in [1.165, 1.54) is 0 Å². The molecule has 0 aromatic heterocycles. The Morgan fingerprint density at radius 2 is 0.837 bits per heavy atom. The largest absolute Gasteiger partial charge is 0.492 e. The Labute approximate surface area is 288 Å². The maximum atomic E-state index is 11.9. The molecule has 248 valence electrons. The van der Waals surface area contributed by atoms with Crippen molar-refractivity contribution in [3.63, 3.8) is 0 Å². The fourth-order valence-corrected chi connectivity index (χ4v) is 4.99. The second-order valence-corrected chi connectivity index (χ2v) is 11.9. The number of rotatable bonds is 13. The monoisotopic (exact) mass is 652 g/mol. The molecule has 0 amide bonds. The number of hydrogen-bond donors (Lipinski definition) is 0. The van der Waals surface area contributed by atoms with Crippen LogP contribution in [0.15, 0.2) is 146 Å². The van der Waals surface area contributed by atoms with Gasteiger partial charge in [-0.3, -0.25) is 0 Å². The number of carbonyl (C=O) groups excluding carboxylic acids is 2. The highest BCUT2D eigenvalue weighted by Gasteiger charge is 2.13. The van der Waals surface area contributed by atoms with E-state index in [4.69, 9.17) is 14.2 Å². The minimum absolute atomic E-state index is 0.351. The van der Waals surface area contributed by atoms with Gasteiger partial charge >= 0.3 is 11.9 Å². The number of hydrogen-bond acceptors (Lipinski definition) is 7. The lowest BCUT2D eigenvalue weighted by molar-refractivity contribution is -0.130. The second kappa shape index (κ2) is 15.7. The van der Waals surface area contributed by atoms with Crippen LogP contribution in [-0.4, -0.2) is 39.2 Å². The first-order valence-electron chi connectivity index (χ1n) is 15.9. The van der Waals surface area contributed by atoms with Gasteiger partial charge in [-0.2, -0.15) is 0 Å². The first kappa shape index (κ1) is 34.3. The van der Waals surface area contributed by atoms with Gasteiger partial charge in [0.1, 0.15) is 23.9 Å². The van der Waals surface area contributed by atoms with Crippen molar-refractivity contribution in [2.24, 2.45) is 0 Å². The SMILES string of the molecule is C=C(C)C(=O)Oc1ccc(-c2ccc(N(CCOc3ccc(N(C)C)cc3)c3ccc(-c4ccc(OC(=O)C(=C)C)cc4)cc3)cc2)cc1. The lowest BCUT2D eigenvalue weighted by Crippen LogP contribution is -2.23. The molecule has 5 aromatic rings. The molecule has 0 aliphatic heterocycles. The van der Waals surface area contributed by atoms with Gasteiger partial charge in [-0.1, -0.05) is 61.7 Å². The Morgan fingerprint density at radius 3 is 1.18 bits per heavy atom. The van der Waals surface area contributed by atoms with Gasteiger partial charge in [0.15, 0.2) is 0 Å². The average molecular weight is 653 g/mol. The van der Waals surface area contributed by atoms with Crippen molar-refractivity contribution < 1.29 is 23.8 Å². The Kier molecular flexibility index (Phi) is 11.0. The van der Waals surface area contributed by atoms with E-state index in [-0.39, 0.29) is 0 Å². The number of anilines is 3. The number of ether oxygens (including phenoxy) is 3. The Balaban J connectivity index is 1.34. The summed E-state index contributed by atoms with van der Waals surface area (Å²) in [6.07, 6.45) is 0. The molecule has 0 saturated heterocycles.